The summed E-state index contributed by atoms with van der Waals surface area (Å²) in [6, 6.07) is 0. The molecule has 0 saturated carbocycles. The first-order valence-corrected chi connectivity index (χ1v) is 6.07. The van der Waals surface area contributed by atoms with E-state index in [2.05, 4.69) is 6.58 Å². The second-order valence-corrected chi connectivity index (χ2v) is 4.08. The van der Waals surface area contributed by atoms with Crippen molar-refractivity contribution in [3.63, 3.8) is 0 Å². The summed E-state index contributed by atoms with van der Waals surface area (Å²) in [7, 11) is 0. The second-order valence-electron chi connectivity index (χ2n) is 2.93. The van der Waals surface area contributed by atoms with Crippen LogP contribution in [0.15, 0.2) is 24.8 Å². The van der Waals surface area contributed by atoms with Crippen LogP contribution in [0.25, 0.3) is 0 Å². The van der Waals surface area contributed by atoms with Crippen LogP contribution in [-0.4, -0.2) is 34.7 Å². The Morgan fingerprint density at radius 2 is 2.25 bits per heavy atom. The average molecular weight is 244 g/mol. The molecule has 0 amide bonds. The van der Waals surface area contributed by atoms with Crippen molar-refractivity contribution in [2.24, 2.45) is 0 Å². The van der Waals surface area contributed by atoms with Crippen LogP contribution in [-0.2, 0) is 14.3 Å². The summed E-state index contributed by atoms with van der Waals surface area (Å²) in [4.78, 5) is 21.9. The molecule has 0 spiro atoms. The minimum absolute atomic E-state index is 0.275. The van der Waals surface area contributed by atoms with Crippen LogP contribution in [0.5, 0.6) is 0 Å². The molecule has 0 aliphatic rings. The fourth-order valence-corrected chi connectivity index (χ4v) is 1.70. The maximum absolute atomic E-state index is 11.1. The second kappa shape index (κ2) is 9.03. The lowest BCUT2D eigenvalue weighted by Crippen LogP contribution is -2.28. The molecule has 0 bridgehead atoms. The van der Waals surface area contributed by atoms with Crippen LogP contribution in [0.4, 0.5) is 0 Å². The van der Waals surface area contributed by atoms with E-state index in [1.54, 1.807) is 0 Å². The van der Waals surface area contributed by atoms with Gasteiger partial charge in [-0.2, -0.15) is 11.8 Å². The summed E-state index contributed by atoms with van der Waals surface area (Å²) < 4.78 is 4.77. The van der Waals surface area contributed by atoms with Gasteiger partial charge in [-0.05, 0) is 12.2 Å². The Hall–Kier alpha value is -1.23. The molecule has 4 nitrogen and oxygen atoms in total. The van der Waals surface area contributed by atoms with Crippen molar-refractivity contribution in [2.75, 3.05) is 11.5 Å². The number of aliphatic carboxylic acids is 1. The molecule has 1 N–H and O–H groups in total. The van der Waals surface area contributed by atoms with Gasteiger partial charge in [-0.25, -0.2) is 9.59 Å². The van der Waals surface area contributed by atoms with Crippen LogP contribution in [0, 0.1) is 0 Å². The first-order valence-electron chi connectivity index (χ1n) is 4.92. The fourth-order valence-electron chi connectivity index (χ4n) is 0.817. The van der Waals surface area contributed by atoms with Gasteiger partial charge >= 0.3 is 11.9 Å². The molecule has 0 aromatic rings. The molecular weight excluding hydrogens is 228 g/mol. The van der Waals surface area contributed by atoms with E-state index >= 15 is 0 Å². The van der Waals surface area contributed by atoms with E-state index in [0.29, 0.717) is 0 Å². The molecule has 0 saturated heterocycles. The van der Waals surface area contributed by atoms with Crippen LogP contribution in [0.1, 0.15) is 13.3 Å². The number of thioether (sulfide) groups is 1. The van der Waals surface area contributed by atoms with Crippen LogP contribution >= 0.6 is 11.8 Å². The van der Waals surface area contributed by atoms with Gasteiger partial charge in [0.05, 0.1) is 0 Å². The summed E-state index contributed by atoms with van der Waals surface area (Å²) in [6.07, 6.45) is 3.84. The van der Waals surface area contributed by atoms with Crippen molar-refractivity contribution in [3.8, 4) is 0 Å². The number of carboxylic acids is 1. The summed E-state index contributed by atoms with van der Waals surface area (Å²) in [5.41, 5.74) is 0. The summed E-state index contributed by atoms with van der Waals surface area (Å²) in [5, 5.41) is 8.81. The highest BCUT2D eigenvalue weighted by Gasteiger charge is 2.20. The normalized spacial score (nSPS) is 12.3. The standard InChI is InChI=1S/C11H16O4S/c1-3-5-6-10(12)15-9(11(13)14)8-16-7-4-2/h3,5-6,9H,1,4,7-8H2,2H3,(H,13,14). The molecule has 0 aromatic heterocycles. The molecule has 1 unspecified atom stereocenters. The smallest absolute Gasteiger partial charge is 0.345 e. The van der Waals surface area contributed by atoms with Gasteiger partial charge in [0.1, 0.15) is 0 Å². The number of carboxylic acid groups (broad SMARTS) is 1. The summed E-state index contributed by atoms with van der Waals surface area (Å²) in [6.45, 7) is 5.39. The molecule has 1 atom stereocenters. The molecule has 0 radical (unpaired) electrons. The van der Waals surface area contributed by atoms with Crippen LogP contribution in [0.3, 0.4) is 0 Å². The van der Waals surface area contributed by atoms with Gasteiger partial charge < -0.3 is 9.84 Å². The molecular formula is C11H16O4S. The molecule has 0 aliphatic carbocycles. The highest BCUT2D eigenvalue weighted by molar-refractivity contribution is 7.99. The van der Waals surface area contributed by atoms with Crippen molar-refractivity contribution in [1.29, 1.82) is 0 Å². The Balaban J connectivity index is 4.12. The quantitative estimate of drug-likeness (QED) is 0.305. The van der Waals surface area contributed by atoms with E-state index < -0.39 is 18.0 Å². The predicted octanol–water partition coefficient (Wildman–Crippen LogP) is 1.87. The van der Waals surface area contributed by atoms with E-state index in [9.17, 15) is 9.59 Å². The third-order valence-electron chi connectivity index (χ3n) is 1.52. The molecule has 5 heteroatoms. The van der Waals surface area contributed by atoms with E-state index in [1.165, 1.54) is 23.9 Å². The molecule has 90 valence electrons. The van der Waals surface area contributed by atoms with Crippen molar-refractivity contribution in [3.05, 3.63) is 24.8 Å². The Morgan fingerprint density at radius 1 is 1.56 bits per heavy atom. The minimum Gasteiger partial charge on any atom is -0.478 e. The molecule has 0 rings (SSSR count). The zero-order valence-corrected chi connectivity index (χ0v) is 10.0. The van der Waals surface area contributed by atoms with Crippen molar-refractivity contribution < 1.29 is 19.4 Å². The van der Waals surface area contributed by atoms with E-state index in [-0.39, 0.29) is 5.75 Å². The molecule has 0 aromatic carbocycles. The fraction of sp³-hybridized carbons (Fsp3) is 0.455. The van der Waals surface area contributed by atoms with E-state index in [1.807, 2.05) is 6.92 Å². The van der Waals surface area contributed by atoms with Gasteiger partial charge in [0.2, 0.25) is 6.10 Å². The molecule has 0 aliphatic heterocycles. The molecule has 0 fully saturated rings. The number of allylic oxidation sites excluding steroid dienone is 2. The third kappa shape index (κ3) is 7.11. The highest BCUT2D eigenvalue weighted by atomic mass is 32.2. The van der Waals surface area contributed by atoms with Gasteiger partial charge in [0.25, 0.3) is 0 Å². The first-order chi connectivity index (χ1) is 7.61. The number of carbonyl (C=O) groups excluding carboxylic acids is 1. The van der Waals surface area contributed by atoms with Gasteiger partial charge in [0.15, 0.2) is 0 Å². The Bertz CT molecular complexity index is 273. The maximum Gasteiger partial charge on any atom is 0.345 e. The monoisotopic (exact) mass is 244 g/mol. The summed E-state index contributed by atoms with van der Waals surface area (Å²) >= 11 is 1.45. The lowest BCUT2D eigenvalue weighted by molar-refractivity contribution is -0.158. The van der Waals surface area contributed by atoms with Gasteiger partial charge in [-0.15, -0.1) is 0 Å². The van der Waals surface area contributed by atoms with Crippen molar-refractivity contribution in [2.45, 2.75) is 19.4 Å². The highest BCUT2D eigenvalue weighted by Crippen LogP contribution is 2.08. The van der Waals surface area contributed by atoms with E-state index in [4.69, 9.17) is 9.84 Å². The average Bonchev–Trinajstić information content (AvgIpc) is 2.25. The number of esters is 1. The number of rotatable bonds is 8. The first kappa shape index (κ1) is 14.8. The molecule has 16 heavy (non-hydrogen) atoms. The summed E-state index contributed by atoms with van der Waals surface area (Å²) in [5.74, 6) is -0.658. The number of hydrogen-bond acceptors (Lipinski definition) is 4. The Kier molecular flexibility index (Phi) is 8.34. The number of carbonyl (C=O) groups is 2. The number of ether oxygens (including phenoxy) is 1. The third-order valence-corrected chi connectivity index (χ3v) is 2.76. The Labute approximate surface area is 99.4 Å². The minimum atomic E-state index is -1.12. The Morgan fingerprint density at radius 3 is 2.75 bits per heavy atom. The lowest BCUT2D eigenvalue weighted by atomic mass is 10.4. The van der Waals surface area contributed by atoms with Gasteiger partial charge in [0, 0.05) is 11.8 Å². The van der Waals surface area contributed by atoms with Crippen LogP contribution < -0.4 is 0 Å². The predicted molar refractivity (Wildman–Crippen MR) is 64.5 cm³/mol. The zero-order chi connectivity index (χ0) is 12.4. The van der Waals surface area contributed by atoms with Crippen LogP contribution in [0.2, 0.25) is 0 Å². The molecule has 0 heterocycles. The number of hydrogen-bond donors (Lipinski definition) is 1. The lowest BCUT2D eigenvalue weighted by Gasteiger charge is -2.11. The van der Waals surface area contributed by atoms with E-state index in [0.717, 1.165) is 18.2 Å². The van der Waals surface area contributed by atoms with Gasteiger partial charge in [-0.3, -0.25) is 0 Å². The van der Waals surface area contributed by atoms with Gasteiger partial charge in [-0.1, -0.05) is 25.7 Å². The van der Waals surface area contributed by atoms with Crippen molar-refractivity contribution in [1.82, 2.24) is 0 Å². The topological polar surface area (TPSA) is 63.6 Å². The van der Waals surface area contributed by atoms with Crippen molar-refractivity contribution >= 4 is 23.7 Å². The largest absolute Gasteiger partial charge is 0.478 e. The maximum atomic E-state index is 11.1. The SMILES string of the molecule is C=CC=CC(=O)OC(CSCCC)C(=O)O. The zero-order valence-electron chi connectivity index (χ0n) is 9.22.